The summed E-state index contributed by atoms with van der Waals surface area (Å²) in [7, 11) is 8.40. The molecular weight excluding hydrogens is 394 g/mol. The second kappa shape index (κ2) is 9.27. The third-order valence-corrected chi connectivity index (χ3v) is 6.93. The first kappa shape index (κ1) is 21.6. The van der Waals surface area contributed by atoms with E-state index in [1.165, 1.54) is 30.4 Å². The average molecular weight is 428 g/mol. The van der Waals surface area contributed by atoms with E-state index in [1.54, 1.807) is 35.5 Å². The van der Waals surface area contributed by atoms with Crippen molar-refractivity contribution in [1.29, 1.82) is 0 Å². The summed E-state index contributed by atoms with van der Waals surface area (Å²) in [5.41, 5.74) is 2.45. The molecule has 6 heteroatoms. The number of fused-ring (bicyclic) bond motifs is 1. The van der Waals surface area contributed by atoms with Gasteiger partial charge in [0.25, 0.3) is 0 Å². The van der Waals surface area contributed by atoms with Crippen LogP contribution in [0, 0.1) is 5.92 Å². The van der Waals surface area contributed by atoms with Gasteiger partial charge in [-0.25, -0.2) is 0 Å². The van der Waals surface area contributed by atoms with Crippen LogP contribution in [0.1, 0.15) is 36.3 Å². The Morgan fingerprint density at radius 1 is 0.806 bits per heavy atom. The van der Waals surface area contributed by atoms with Gasteiger partial charge in [-0.1, -0.05) is 12.5 Å². The van der Waals surface area contributed by atoms with Crippen LogP contribution < -0.4 is 23.7 Å². The van der Waals surface area contributed by atoms with Gasteiger partial charge in [0, 0.05) is 36.7 Å². The number of likely N-dealkylation sites (tertiary alicyclic amines) is 1. The first-order valence-electron chi connectivity index (χ1n) is 10.9. The smallest absolute Gasteiger partial charge is 0.203 e. The van der Waals surface area contributed by atoms with Crippen LogP contribution in [-0.2, 0) is 6.54 Å². The zero-order valence-corrected chi connectivity index (χ0v) is 19.1. The Hall–Kier alpha value is -2.60. The second-order valence-electron chi connectivity index (χ2n) is 8.33. The van der Waals surface area contributed by atoms with Crippen LogP contribution in [0.3, 0.4) is 0 Å². The zero-order valence-electron chi connectivity index (χ0n) is 19.1. The molecule has 4 rings (SSSR count). The normalized spacial score (nSPS) is 22.8. The van der Waals surface area contributed by atoms with E-state index >= 15 is 0 Å². The molecule has 6 nitrogen and oxygen atoms in total. The number of hydrogen-bond donors (Lipinski definition) is 0. The van der Waals surface area contributed by atoms with Crippen LogP contribution in [0.2, 0.25) is 0 Å². The quantitative estimate of drug-likeness (QED) is 0.618. The standard InChI is InChI=1S/C25H33NO5/c1-27-18-10-9-16(22(13-18)28-2)14-26-15-20(19-7-6-8-21(19)26)17-11-23(29-3)25(31-5)24(12-17)30-4/h9-13,19-21H,6-8,14-15H2,1-5H3/t19-,20-,21-/m1/s1. The van der Waals surface area contributed by atoms with E-state index in [1.807, 2.05) is 12.1 Å². The fraction of sp³-hybridized carbons (Fsp3) is 0.520. The highest BCUT2D eigenvalue weighted by Crippen LogP contribution is 2.50. The summed E-state index contributed by atoms with van der Waals surface area (Å²) in [6.07, 6.45) is 3.76. The van der Waals surface area contributed by atoms with Crippen molar-refractivity contribution in [3.05, 3.63) is 41.5 Å². The van der Waals surface area contributed by atoms with Gasteiger partial charge in [0.05, 0.1) is 35.5 Å². The Bertz CT molecular complexity index is 890. The fourth-order valence-electron chi connectivity index (χ4n) is 5.47. The van der Waals surface area contributed by atoms with Gasteiger partial charge in [0.2, 0.25) is 5.75 Å². The molecule has 2 aromatic rings. The number of ether oxygens (including phenoxy) is 5. The first-order valence-corrected chi connectivity index (χ1v) is 10.9. The highest BCUT2D eigenvalue weighted by molar-refractivity contribution is 5.55. The maximum absolute atomic E-state index is 5.65. The summed E-state index contributed by atoms with van der Waals surface area (Å²) in [6, 6.07) is 10.9. The number of nitrogens with zero attached hydrogens (tertiary/aromatic N) is 1. The van der Waals surface area contributed by atoms with Crippen molar-refractivity contribution in [3.8, 4) is 28.7 Å². The number of rotatable bonds is 8. The lowest BCUT2D eigenvalue weighted by atomic mass is 9.86. The molecule has 0 bridgehead atoms. The minimum Gasteiger partial charge on any atom is -0.497 e. The third-order valence-electron chi connectivity index (χ3n) is 6.93. The van der Waals surface area contributed by atoms with Gasteiger partial charge in [-0.3, -0.25) is 4.90 Å². The van der Waals surface area contributed by atoms with Crippen molar-refractivity contribution in [1.82, 2.24) is 4.90 Å². The maximum atomic E-state index is 5.65. The molecule has 3 atom stereocenters. The molecule has 0 N–H and O–H groups in total. The highest BCUT2D eigenvalue weighted by Gasteiger charge is 2.45. The lowest BCUT2D eigenvalue weighted by Gasteiger charge is -2.24. The zero-order chi connectivity index (χ0) is 22.0. The molecule has 1 aliphatic heterocycles. The Morgan fingerprint density at radius 3 is 2.13 bits per heavy atom. The van der Waals surface area contributed by atoms with E-state index in [9.17, 15) is 0 Å². The lowest BCUT2D eigenvalue weighted by molar-refractivity contribution is 0.229. The minimum absolute atomic E-state index is 0.436. The fourth-order valence-corrected chi connectivity index (χ4v) is 5.47. The predicted molar refractivity (Wildman–Crippen MR) is 120 cm³/mol. The lowest BCUT2D eigenvalue weighted by Crippen LogP contribution is -2.29. The molecule has 1 saturated heterocycles. The average Bonchev–Trinajstić information content (AvgIpc) is 3.42. The first-order chi connectivity index (χ1) is 15.1. The van der Waals surface area contributed by atoms with Crippen molar-refractivity contribution >= 4 is 0 Å². The summed E-state index contributed by atoms with van der Waals surface area (Å²) in [5.74, 6) is 4.86. The van der Waals surface area contributed by atoms with Gasteiger partial charge in [0.15, 0.2) is 11.5 Å². The molecule has 0 unspecified atom stereocenters. The van der Waals surface area contributed by atoms with E-state index in [2.05, 4.69) is 23.1 Å². The van der Waals surface area contributed by atoms with Gasteiger partial charge in [-0.15, -0.1) is 0 Å². The van der Waals surface area contributed by atoms with E-state index in [0.717, 1.165) is 36.1 Å². The number of methoxy groups -OCH3 is 5. The van der Waals surface area contributed by atoms with Crippen LogP contribution in [0.5, 0.6) is 28.7 Å². The largest absolute Gasteiger partial charge is 0.497 e. The molecule has 31 heavy (non-hydrogen) atoms. The van der Waals surface area contributed by atoms with Crippen LogP contribution in [0.15, 0.2) is 30.3 Å². The third kappa shape index (κ3) is 4.01. The monoisotopic (exact) mass is 427 g/mol. The van der Waals surface area contributed by atoms with E-state index in [4.69, 9.17) is 23.7 Å². The van der Waals surface area contributed by atoms with Gasteiger partial charge in [-0.05, 0) is 42.5 Å². The topological polar surface area (TPSA) is 49.4 Å². The summed E-state index contributed by atoms with van der Waals surface area (Å²) < 4.78 is 27.8. The van der Waals surface area contributed by atoms with Crippen LogP contribution in [-0.4, -0.2) is 53.0 Å². The molecule has 1 saturated carbocycles. The van der Waals surface area contributed by atoms with Gasteiger partial charge in [0.1, 0.15) is 11.5 Å². The van der Waals surface area contributed by atoms with Gasteiger partial charge in [-0.2, -0.15) is 0 Å². The minimum atomic E-state index is 0.436. The maximum Gasteiger partial charge on any atom is 0.203 e. The van der Waals surface area contributed by atoms with E-state index < -0.39 is 0 Å². The summed E-state index contributed by atoms with van der Waals surface area (Å²) >= 11 is 0. The van der Waals surface area contributed by atoms with E-state index in [0.29, 0.717) is 23.6 Å². The summed E-state index contributed by atoms with van der Waals surface area (Å²) in [6.45, 7) is 1.87. The molecule has 2 aliphatic rings. The van der Waals surface area contributed by atoms with Crippen molar-refractivity contribution in [2.75, 3.05) is 42.1 Å². The SMILES string of the molecule is COc1ccc(CN2C[C@H](c3cc(OC)c(OC)c(OC)c3)[C@H]3CCC[C@H]32)c(OC)c1. The second-order valence-corrected chi connectivity index (χ2v) is 8.33. The summed E-state index contributed by atoms with van der Waals surface area (Å²) in [4.78, 5) is 2.62. The van der Waals surface area contributed by atoms with Crippen molar-refractivity contribution in [3.63, 3.8) is 0 Å². The molecule has 0 aromatic heterocycles. The summed E-state index contributed by atoms with van der Waals surface area (Å²) in [5, 5.41) is 0. The molecule has 0 spiro atoms. The van der Waals surface area contributed by atoms with Crippen molar-refractivity contribution in [2.45, 2.75) is 37.8 Å². The number of benzene rings is 2. The Morgan fingerprint density at radius 2 is 1.52 bits per heavy atom. The molecule has 2 fully saturated rings. The molecular formula is C25H33NO5. The molecule has 1 aliphatic carbocycles. The van der Waals surface area contributed by atoms with Crippen LogP contribution >= 0.6 is 0 Å². The predicted octanol–water partition coefficient (Wildman–Crippen LogP) is 4.50. The Labute approximate surface area is 185 Å². The highest BCUT2D eigenvalue weighted by atomic mass is 16.5. The van der Waals surface area contributed by atoms with Gasteiger partial charge < -0.3 is 23.7 Å². The molecule has 2 aromatic carbocycles. The molecule has 0 amide bonds. The van der Waals surface area contributed by atoms with Crippen LogP contribution in [0.4, 0.5) is 0 Å². The van der Waals surface area contributed by atoms with Crippen molar-refractivity contribution in [2.24, 2.45) is 5.92 Å². The molecule has 1 heterocycles. The molecule has 168 valence electrons. The Balaban J connectivity index is 1.63. The molecule has 0 radical (unpaired) electrons. The number of hydrogen-bond acceptors (Lipinski definition) is 6. The van der Waals surface area contributed by atoms with Crippen LogP contribution in [0.25, 0.3) is 0 Å². The Kier molecular flexibility index (Phi) is 6.46. The van der Waals surface area contributed by atoms with E-state index in [-0.39, 0.29) is 0 Å². The van der Waals surface area contributed by atoms with Crippen molar-refractivity contribution < 1.29 is 23.7 Å². The van der Waals surface area contributed by atoms with Gasteiger partial charge >= 0.3 is 0 Å².